The first-order chi connectivity index (χ1) is 10.0. The first kappa shape index (κ1) is 14.8. The first-order valence-corrected chi connectivity index (χ1v) is 6.21. The molecule has 1 unspecified atom stereocenters. The second kappa shape index (κ2) is 5.77. The summed E-state index contributed by atoms with van der Waals surface area (Å²) in [4.78, 5) is 8.29. The van der Waals surface area contributed by atoms with Gasteiger partial charge in [-0.15, -0.1) is 0 Å². The minimum absolute atomic E-state index is 0.168. The largest absolute Gasteiger partial charge is 0.480 e. The highest BCUT2D eigenvalue weighted by atomic mass is 16.5. The Balaban J connectivity index is 2.55. The van der Waals surface area contributed by atoms with Crippen LogP contribution in [0.5, 0.6) is 11.8 Å². The molecule has 2 aromatic rings. The summed E-state index contributed by atoms with van der Waals surface area (Å²) in [5.41, 5.74) is -0.217. The van der Waals surface area contributed by atoms with E-state index in [1.807, 2.05) is 6.07 Å². The van der Waals surface area contributed by atoms with Crippen LogP contribution < -0.4 is 9.47 Å². The third-order valence-electron chi connectivity index (χ3n) is 3.14. The second-order valence-corrected chi connectivity index (χ2v) is 4.54. The number of ether oxygens (including phenoxy) is 2. The van der Waals surface area contributed by atoms with Crippen LogP contribution in [-0.4, -0.2) is 29.3 Å². The van der Waals surface area contributed by atoms with Crippen molar-refractivity contribution in [1.82, 2.24) is 9.97 Å². The fraction of sp³-hybridized carbons (Fsp3) is 0.267. The summed E-state index contributed by atoms with van der Waals surface area (Å²) < 4.78 is 10.2. The first-order valence-electron chi connectivity index (χ1n) is 6.21. The Morgan fingerprint density at radius 1 is 1.29 bits per heavy atom. The van der Waals surface area contributed by atoms with Gasteiger partial charge in [-0.3, -0.25) is 0 Å². The summed E-state index contributed by atoms with van der Waals surface area (Å²) in [6.07, 6.45) is 1.40. The maximum atomic E-state index is 10.8. The van der Waals surface area contributed by atoms with Crippen molar-refractivity contribution in [3.05, 3.63) is 47.3 Å². The number of aromatic nitrogens is 2. The molecule has 0 fully saturated rings. The van der Waals surface area contributed by atoms with Crippen molar-refractivity contribution in [1.29, 1.82) is 5.26 Å². The lowest BCUT2D eigenvalue weighted by molar-refractivity contribution is 0.0926. The van der Waals surface area contributed by atoms with E-state index in [1.54, 1.807) is 31.2 Å². The summed E-state index contributed by atoms with van der Waals surface area (Å²) in [6, 6.07) is 8.72. The Labute approximate surface area is 122 Å². The molecule has 0 saturated carbocycles. The van der Waals surface area contributed by atoms with Crippen molar-refractivity contribution in [2.45, 2.75) is 12.5 Å². The number of rotatable bonds is 4. The quantitative estimate of drug-likeness (QED) is 0.918. The lowest BCUT2D eigenvalue weighted by atomic mass is 9.91. The van der Waals surface area contributed by atoms with Gasteiger partial charge in [-0.05, 0) is 24.6 Å². The second-order valence-electron chi connectivity index (χ2n) is 4.54. The summed E-state index contributed by atoms with van der Waals surface area (Å²) in [5.74, 6) is 0.457. The molecule has 0 aliphatic rings. The van der Waals surface area contributed by atoms with Gasteiger partial charge < -0.3 is 14.6 Å². The SMILES string of the molecule is COc1cnc(C(C)(O)c2cccc(C#N)c2)c(OC)n1. The van der Waals surface area contributed by atoms with Crippen molar-refractivity contribution >= 4 is 0 Å². The van der Waals surface area contributed by atoms with Crippen molar-refractivity contribution < 1.29 is 14.6 Å². The molecular formula is C15H15N3O3. The molecule has 0 saturated heterocycles. The third-order valence-corrected chi connectivity index (χ3v) is 3.14. The van der Waals surface area contributed by atoms with E-state index in [4.69, 9.17) is 14.7 Å². The van der Waals surface area contributed by atoms with Crippen LogP contribution in [0.2, 0.25) is 0 Å². The molecule has 0 amide bonds. The lowest BCUT2D eigenvalue weighted by Gasteiger charge is -2.24. The Morgan fingerprint density at radius 2 is 2.05 bits per heavy atom. The standard InChI is InChI=1S/C15H15N3O3/c1-15(19,11-6-4-5-10(7-11)8-16)13-14(21-3)18-12(20-2)9-17-13/h4-7,9,19H,1-3H3. The number of aliphatic hydroxyl groups is 1. The Hall–Kier alpha value is -2.65. The van der Waals surface area contributed by atoms with Crippen molar-refractivity contribution in [3.63, 3.8) is 0 Å². The third kappa shape index (κ3) is 2.78. The normalized spacial score (nSPS) is 13.1. The van der Waals surface area contributed by atoms with Crippen LogP contribution in [-0.2, 0) is 5.60 Å². The van der Waals surface area contributed by atoms with Crippen LogP contribution >= 0.6 is 0 Å². The number of hydrogen-bond acceptors (Lipinski definition) is 6. The molecule has 0 aliphatic carbocycles. The molecule has 1 aromatic carbocycles. The highest BCUT2D eigenvalue weighted by Gasteiger charge is 2.32. The smallest absolute Gasteiger partial charge is 0.242 e. The number of nitriles is 1. The summed E-state index contributed by atoms with van der Waals surface area (Å²) in [5, 5.41) is 19.8. The van der Waals surface area contributed by atoms with Crippen LogP contribution in [0.25, 0.3) is 0 Å². The Kier molecular flexibility index (Phi) is 4.05. The summed E-state index contributed by atoms with van der Waals surface area (Å²) >= 11 is 0. The summed E-state index contributed by atoms with van der Waals surface area (Å²) in [6.45, 7) is 1.57. The molecule has 108 valence electrons. The van der Waals surface area contributed by atoms with Gasteiger partial charge in [0.2, 0.25) is 11.8 Å². The zero-order valence-electron chi connectivity index (χ0n) is 12.0. The van der Waals surface area contributed by atoms with Gasteiger partial charge in [-0.2, -0.15) is 10.2 Å². The molecule has 21 heavy (non-hydrogen) atoms. The molecule has 6 nitrogen and oxygen atoms in total. The summed E-state index contributed by atoms with van der Waals surface area (Å²) in [7, 11) is 2.91. The monoisotopic (exact) mass is 285 g/mol. The van der Waals surface area contributed by atoms with Crippen LogP contribution in [0.3, 0.4) is 0 Å². The van der Waals surface area contributed by atoms with Gasteiger partial charge in [0.1, 0.15) is 11.3 Å². The van der Waals surface area contributed by atoms with E-state index in [2.05, 4.69) is 9.97 Å². The predicted molar refractivity (Wildman–Crippen MR) is 75.0 cm³/mol. The number of benzene rings is 1. The van der Waals surface area contributed by atoms with Crippen molar-refractivity contribution in [2.24, 2.45) is 0 Å². The number of nitrogens with zero attached hydrogens (tertiary/aromatic N) is 3. The van der Waals surface area contributed by atoms with Crippen LogP contribution in [0.1, 0.15) is 23.7 Å². The van der Waals surface area contributed by atoms with E-state index < -0.39 is 5.60 Å². The molecule has 2 rings (SSSR count). The highest BCUT2D eigenvalue weighted by Crippen LogP contribution is 2.33. The highest BCUT2D eigenvalue weighted by molar-refractivity contribution is 5.41. The predicted octanol–water partition coefficient (Wildman–Crippen LogP) is 1.62. The van der Waals surface area contributed by atoms with E-state index in [9.17, 15) is 5.11 Å². The lowest BCUT2D eigenvalue weighted by Crippen LogP contribution is -2.25. The van der Waals surface area contributed by atoms with Gasteiger partial charge in [0.15, 0.2) is 0 Å². The van der Waals surface area contributed by atoms with Gasteiger partial charge in [-0.25, -0.2) is 4.98 Å². The van der Waals surface area contributed by atoms with Crippen LogP contribution in [0.15, 0.2) is 30.5 Å². The minimum Gasteiger partial charge on any atom is -0.480 e. The average molecular weight is 285 g/mol. The molecule has 0 spiro atoms. The molecule has 0 radical (unpaired) electrons. The molecule has 0 aliphatic heterocycles. The minimum atomic E-state index is -1.45. The van der Waals surface area contributed by atoms with E-state index in [-0.39, 0.29) is 17.5 Å². The van der Waals surface area contributed by atoms with E-state index in [0.29, 0.717) is 11.1 Å². The van der Waals surface area contributed by atoms with Crippen LogP contribution in [0, 0.1) is 11.3 Å². The molecule has 1 N–H and O–H groups in total. The van der Waals surface area contributed by atoms with Crippen molar-refractivity contribution in [3.8, 4) is 17.8 Å². The van der Waals surface area contributed by atoms with E-state index in [0.717, 1.165) is 0 Å². The maximum Gasteiger partial charge on any atom is 0.242 e. The molecule has 0 bridgehead atoms. The van der Waals surface area contributed by atoms with Gasteiger partial charge >= 0.3 is 0 Å². The molecule has 1 heterocycles. The molecule has 1 atom stereocenters. The molecular weight excluding hydrogens is 270 g/mol. The Bertz CT molecular complexity index is 693. The van der Waals surface area contributed by atoms with Gasteiger partial charge in [0.25, 0.3) is 0 Å². The maximum absolute atomic E-state index is 10.8. The number of methoxy groups -OCH3 is 2. The zero-order valence-corrected chi connectivity index (χ0v) is 12.0. The van der Waals surface area contributed by atoms with Gasteiger partial charge in [0, 0.05) is 0 Å². The van der Waals surface area contributed by atoms with Gasteiger partial charge in [-0.1, -0.05) is 12.1 Å². The fourth-order valence-electron chi connectivity index (χ4n) is 1.96. The van der Waals surface area contributed by atoms with Crippen molar-refractivity contribution in [2.75, 3.05) is 14.2 Å². The Morgan fingerprint density at radius 3 is 2.67 bits per heavy atom. The molecule has 6 heteroatoms. The topological polar surface area (TPSA) is 88.3 Å². The zero-order chi connectivity index (χ0) is 15.5. The van der Waals surface area contributed by atoms with Gasteiger partial charge in [0.05, 0.1) is 32.0 Å². The fourth-order valence-corrected chi connectivity index (χ4v) is 1.96. The molecule has 1 aromatic heterocycles. The van der Waals surface area contributed by atoms with E-state index in [1.165, 1.54) is 20.4 Å². The number of hydrogen-bond donors (Lipinski definition) is 1. The van der Waals surface area contributed by atoms with Crippen LogP contribution in [0.4, 0.5) is 0 Å². The average Bonchev–Trinajstić information content (AvgIpc) is 2.54. The van der Waals surface area contributed by atoms with E-state index >= 15 is 0 Å².